The lowest BCUT2D eigenvalue weighted by Gasteiger charge is -2.40. The lowest BCUT2D eigenvalue weighted by Crippen LogP contribution is -2.48. The SMILES string of the molecule is Nc1nc(C(=O)N2CCCC3(CCc4cnc(-c5ccccc5)nc43)C2)cs1. The van der Waals surface area contributed by atoms with Gasteiger partial charge >= 0.3 is 0 Å². The van der Waals surface area contributed by atoms with Crippen LogP contribution in [0.4, 0.5) is 5.13 Å². The number of nitrogens with zero attached hydrogens (tertiary/aromatic N) is 4. The molecule has 1 fully saturated rings. The maximum atomic E-state index is 12.9. The van der Waals surface area contributed by atoms with Gasteiger partial charge in [0.1, 0.15) is 5.69 Å². The van der Waals surface area contributed by atoms with Gasteiger partial charge in [-0.3, -0.25) is 4.79 Å². The predicted octanol–water partition coefficient (Wildman–Crippen LogP) is 3.30. The minimum absolute atomic E-state index is 0.0298. The molecule has 28 heavy (non-hydrogen) atoms. The first kappa shape index (κ1) is 17.3. The van der Waals surface area contributed by atoms with Gasteiger partial charge in [0.05, 0.1) is 5.69 Å². The highest BCUT2D eigenvalue weighted by Crippen LogP contribution is 2.44. The Hall–Kier alpha value is -2.80. The number of aromatic nitrogens is 3. The molecular weight excluding hydrogens is 370 g/mol. The number of aryl methyl sites for hydroxylation is 1. The van der Waals surface area contributed by atoms with E-state index in [1.54, 1.807) is 5.38 Å². The Morgan fingerprint density at radius 1 is 1.18 bits per heavy atom. The minimum atomic E-state index is -0.0860. The number of fused-ring (bicyclic) bond motifs is 2. The molecule has 3 aromatic rings. The van der Waals surface area contributed by atoms with Crippen molar-refractivity contribution in [2.45, 2.75) is 31.1 Å². The smallest absolute Gasteiger partial charge is 0.273 e. The molecule has 5 rings (SSSR count). The van der Waals surface area contributed by atoms with Crippen LogP contribution >= 0.6 is 11.3 Å². The van der Waals surface area contributed by atoms with Gasteiger partial charge in [-0.05, 0) is 31.2 Å². The standard InChI is InChI=1S/C21H21N5OS/c22-20-24-16(12-28-20)19(27)26-10-4-8-21(13-26)9-7-15-11-23-18(25-17(15)21)14-5-2-1-3-6-14/h1-3,5-6,11-12H,4,7-10,13H2,(H2,22,24). The van der Waals surface area contributed by atoms with Gasteiger partial charge in [-0.2, -0.15) is 0 Å². The third-order valence-corrected chi connectivity index (χ3v) is 6.55. The van der Waals surface area contributed by atoms with Crippen LogP contribution in [0.5, 0.6) is 0 Å². The average Bonchev–Trinajstić information content (AvgIpc) is 3.32. The Labute approximate surface area is 167 Å². The number of rotatable bonds is 2. The number of piperidine rings is 1. The topological polar surface area (TPSA) is 85.0 Å². The van der Waals surface area contributed by atoms with Gasteiger partial charge < -0.3 is 10.6 Å². The van der Waals surface area contributed by atoms with Gasteiger partial charge in [0.2, 0.25) is 0 Å². The summed E-state index contributed by atoms with van der Waals surface area (Å²) in [5, 5.41) is 2.18. The lowest BCUT2D eigenvalue weighted by molar-refractivity contribution is 0.0628. The van der Waals surface area contributed by atoms with Crippen LogP contribution in [0.2, 0.25) is 0 Å². The molecule has 3 heterocycles. The number of hydrogen-bond acceptors (Lipinski definition) is 6. The highest BCUT2D eigenvalue weighted by Gasteiger charge is 2.45. The van der Waals surface area contributed by atoms with E-state index in [2.05, 4.69) is 9.97 Å². The monoisotopic (exact) mass is 391 g/mol. The second-order valence-electron chi connectivity index (χ2n) is 7.62. The summed E-state index contributed by atoms with van der Waals surface area (Å²) in [6, 6.07) is 10.1. The summed E-state index contributed by atoms with van der Waals surface area (Å²) in [5.41, 5.74) is 9.44. The number of carbonyl (C=O) groups excluding carboxylic acids is 1. The van der Waals surface area contributed by atoms with Crippen molar-refractivity contribution < 1.29 is 4.79 Å². The number of hydrogen-bond donors (Lipinski definition) is 1. The van der Waals surface area contributed by atoms with E-state index in [1.807, 2.05) is 41.4 Å². The van der Waals surface area contributed by atoms with Crippen LogP contribution in [-0.4, -0.2) is 38.8 Å². The largest absolute Gasteiger partial charge is 0.375 e. The zero-order valence-corrected chi connectivity index (χ0v) is 16.3. The summed E-state index contributed by atoms with van der Waals surface area (Å²) < 4.78 is 0. The number of thiazole rings is 1. The zero-order valence-electron chi connectivity index (χ0n) is 15.5. The number of anilines is 1. The van der Waals surface area contributed by atoms with Gasteiger partial charge in [-0.15, -0.1) is 11.3 Å². The molecule has 7 heteroatoms. The first-order valence-corrected chi connectivity index (χ1v) is 10.4. The summed E-state index contributed by atoms with van der Waals surface area (Å²) in [7, 11) is 0. The Kier molecular flexibility index (Phi) is 4.12. The van der Waals surface area contributed by atoms with Crippen molar-refractivity contribution in [3.63, 3.8) is 0 Å². The van der Waals surface area contributed by atoms with Crippen LogP contribution in [0.3, 0.4) is 0 Å². The molecule has 142 valence electrons. The molecule has 6 nitrogen and oxygen atoms in total. The van der Waals surface area contributed by atoms with Crippen molar-refractivity contribution in [1.29, 1.82) is 0 Å². The van der Waals surface area contributed by atoms with Gasteiger partial charge in [0, 0.05) is 35.6 Å². The van der Waals surface area contributed by atoms with E-state index >= 15 is 0 Å². The zero-order chi connectivity index (χ0) is 19.1. The van der Waals surface area contributed by atoms with Gasteiger partial charge in [0.15, 0.2) is 11.0 Å². The van der Waals surface area contributed by atoms with Crippen LogP contribution in [0.1, 0.15) is 41.0 Å². The van der Waals surface area contributed by atoms with Crippen LogP contribution in [0, 0.1) is 0 Å². The molecule has 2 aliphatic rings. The van der Waals surface area contributed by atoms with E-state index in [0.29, 0.717) is 17.4 Å². The summed E-state index contributed by atoms with van der Waals surface area (Å²) in [4.78, 5) is 28.6. The quantitative estimate of drug-likeness (QED) is 0.724. The maximum Gasteiger partial charge on any atom is 0.273 e. The first-order valence-electron chi connectivity index (χ1n) is 9.57. The molecule has 1 saturated heterocycles. The fraction of sp³-hybridized carbons (Fsp3) is 0.333. The van der Waals surface area contributed by atoms with E-state index in [0.717, 1.165) is 49.3 Å². The Morgan fingerprint density at radius 3 is 2.82 bits per heavy atom. The Balaban J connectivity index is 1.47. The van der Waals surface area contributed by atoms with Gasteiger partial charge in [-0.25, -0.2) is 15.0 Å². The highest BCUT2D eigenvalue weighted by atomic mass is 32.1. The van der Waals surface area contributed by atoms with E-state index in [1.165, 1.54) is 16.9 Å². The van der Waals surface area contributed by atoms with E-state index in [-0.39, 0.29) is 11.3 Å². The van der Waals surface area contributed by atoms with Crippen LogP contribution in [-0.2, 0) is 11.8 Å². The van der Waals surface area contributed by atoms with Crippen molar-refractivity contribution in [3.05, 3.63) is 58.9 Å². The Morgan fingerprint density at radius 2 is 2.04 bits per heavy atom. The van der Waals surface area contributed by atoms with E-state index in [4.69, 9.17) is 10.7 Å². The average molecular weight is 392 g/mol. The number of carbonyl (C=O) groups is 1. The van der Waals surface area contributed by atoms with Crippen molar-refractivity contribution in [1.82, 2.24) is 19.9 Å². The molecule has 0 saturated carbocycles. The second kappa shape index (κ2) is 6.67. The number of amides is 1. The molecule has 1 aromatic carbocycles. The van der Waals surface area contributed by atoms with Crippen molar-refractivity contribution in [2.75, 3.05) is 18.8 Å². The van der Waals surface area contributed by atoms with Crippen molar-refractivity contribution >= 4 is 22.4 Å². The first-order chi connectivity index (χ1) is 13.6. The lowest BCUT2D eigenvalue weighted by atomic mass is 9.77. The molecule has 1 unspecified atom stereocenters. The van der Waals surface area contributed by atoms with Crippen LogP contribution in [0.15, 0.2) is 41.9 Å². The second-order valence-corrected chi connectivity index (χ2v) is 8.50. The number of nitrogen functional groups attached to an aromatic ring is 1. The summed E-state index contributed by atoms with van der Waals surface area (Å²) >= 11 is 1.31. The summed E-state index contributed by atoms with van der Waals surface area (Å²) in [6.07, 6.45) is 5.97. The maximum absolute atomic E-state index is 12.9. The number of likely N-dealkylation sites (tertiary alicyclic amines) is 1. The molecule has 1 atom stereocenters. The number of nitrogens with two attached hydrogens (primary N) is 1. The van der Waals surface area contributed by atoms with Gasteiger partial charge in [0.25, 0.3) is 5.91 Å². The Bertz CT molecular complexity index is 1030. The molecule has 0 bridgehead atoms. The fourth-order valence-corrected chi connectivity index (χ4v) is 5.05. The highest BCUT2D eigenvalue weighted by molar-refractivity contribution is 7.13. The number of benzene rings is 1. The summed E-state index contributed by atoms with van der Waals surface area (Å²) in [5.74, 6) is 0.731. The summed E-state index contributed by atoms with van der Waals surface area (Å²) in [6.45, 7) is 1.44. The molecular formula is C21H21N5OS. The van der Waals surface area contributed by atoms with Crippen molar-refractivity contribution in [2.24, 2.45) is 0 Å². The third-order valence-electron chi connectivity index (χ3n) is 5.88. The van der Waals surface area contributed by atoms with E-state index < -0.39 is 0 Å². The molecule has 2 aromatic heterocycles. The molecule has 1 aliphatic carbocycles. The molecule has 1 spiro atoms. The third kappa shape index (κ3) is 2.86. The fourth-order valence-electron chi connectivity index (χ4n) is 4.52. The van der Waals surface area contributed by atoms with E-state index in [9.17, 15) is 4.79 Å². The van der Waals surface area contributed by atoms with Crippen LogP contribution < -0.4 is 5.73 Å². The predicted molar refractivity (Wildman–Crippen MR) is 109 cm³/mol. The minimum Gasteiger partial charge on any atom is -0.375 e. The molecule has 2 N–H and O–H groups in total. The van der Waals surface area contributed by atoms with Gasteiger partial charge in [-0.1, -0.05) is 30.3 Å². The van der Waals surface area contributed by atoms with Crippen molar-refractivity contribution in [3.8, 4) is 11.4 Å². The molecule has 1 aliphatic heterocycles. The normalized spacial score (nSPS) is 21.1. The van der Waals surface area contributed by atoms with Crippen LogP contribution in [0.25, 0.3) is 11.4 Å². The molecule has 0 radical (unpaired) electrons. The molecule has 1 amide bonds.